The number of hydrogen-bond acceptors (Lipinski definition) is 0. The molecule has 0 rings (SSSR count). The van der Waals surface area contributed by atoms with Crippen molar-refractivity contribution in [1.82, 2.24) is 0 Å². The lowest BCUT2D eigenvalue weighted by molar-refractivity contribution is 0.232. The smallest absolute Gasteiger partial charge is 0.100 e. The van der Waals surface area contributed by atoms with Gasteiger partial charge in [-0.25, -0.2) is 5.11 Å². The Morgan fingerprint density at radius 2 is 1.67 bits per heavy atom. The maximum Gasteiger partial charge on any atom is 0.100 e. The third-order valence-corrected chi connectivity index (χ3v) is 0.118. The second-order valence-corrected chi connectivity index (χ2v) is 0.455. The molecule has 0 saturated heterocycles. The standard InChI is InChI=1S/C3H5O.C2H4/c1-2-3-4;1-2/h2H,1,3H2;1-2H2. The van der Waals surface area contributed by atoms with E-state index < -0.39 is 0 Å². The second kappa shape index (κ2) is 25.3. The van der Waals surface area contributed by atoms with Crippen molar-refractivity contribution < 1.29 is 5.11 Å². The summed E-state index contributed by atoms with van der Waals surface area (Å²) in [6.45, 7) is 9.00. The molecule has 0 spiro atoms. The molecule has 0 saturated carbocycles. The first-order valence-corrected chi connectivity index (χ1v) is 1.61. The quantitative estimate of drug-likeness (QED) is 0.429. The Labute approximate surface area is 38.6 Å². The van der Waals surface area contributed by atoms with E-state index in [0.717, 1.165) is 0 Å². The van der Waals surface area contributed by atoms with Crippen molar-refractivity contribution in [2.75, 3.05) is 6.61 Å². The average molecular weight is 85.1 g/mol. The molecule has 0 fully saturated rings. The van der Waals surface area contributed by atoms with E-state index in [1.54, 1.807) is 0 Å². The molecular weight excluding hydrogens is 76.1 g/mol. The number of hydrogen-bond donors (Lipinski definition) is 0. The van der Waals surface area contributed by atoms with Crippen LogP contribution in [0.25, 0.3) is 0 Å². The molecule has 1 nitrogen and oxygen atoms in total. The van der Waals surface area contributed by atoms with Crippen molar-refractivity contribution in [2.45, 2.75) is 0 Å². The molecule has 35 valence electrons. The van der Waals surface area contributed by atoms with Gasteiger partial charge in [0.1, 0.15) is 6.61 Å². The van der Waals surface area contributed by atoms with E-state index in [0.29, 0.717) is 0 Å². The Bertz CT molecular complexity index is 25.1. The minimum Gasteiger partial charge on any atom is -0.232 e. The fraction of sp³-hybridized carbons (Fsp3) is 0.200. The zero-order valence-electron chi connectivity index (χ0n) is 3.81. The molecule has 1 radical (unpaired) electrons. The van der Waals surface area contributed by atoms with Crippen molar-refractivity contribution in [3.05, 3.63) is 25.8 Å². The fourth-order valence-electron chi connectivity index (χ4n) is 0. The average Bonchev–Trinajstić information content (AvgIpc) is 1.72. The maximum atomic E-state index is 9.18. The van der Waals surface area contributed by atoms with Crippen LogP contribution in [0.1, 0.15) is 0 Å². The van der Waals surface area contributed by atoms with E-state index in [-0.39, 0.29) is 6.61 Å². The predicted molar refractivity (Wildman–Crippen MR) is 27.0 cm³/mol. The van der Waals surface area contributed by atoms with Crippen LogP contribution in [0.3, 0.4) is 0 Å². The third kappa shape index (κ3) is 106. The molecule has 0 bridgehead atoms. The van der Waals surface area contributed by atoms with Gasteiger partial charge >= 0.3 is 0 Å². The summed E-state index contributed by atoms with van der Waals surface area (Å²) in [5.41, 5.74) is 0. The second-order valence-electron chi connectivity index (χ2n) is 0.455. The molecule has 0 heterocycles. The highest BCUT2D eigenvalue weighted by molar-refractivity contribution is 4.60. The topological polar surface area (TPSA) is 19.9 Å². The Balaban J connectivity index is 0. The van der Waals surface area contributed by atoms with E-state index in [2.05, 4.69) is 19.7 Å². The van der Waals surface area contributed by atoms with Crippen molar-refractivity contribution in [3.8, 4) is 0 Å². The molecule has 0 unspecified atom stereocenters. The maximum absolute atomic E-state index is 9.18. The molecule has 0 aromatic carbocycles. The first-order valence-electron chi connectivity index (χ1n) is 1.61. The molecular formula is C5H9O. The van der Waals surface area contributed by atoms with Crippen LogP contribution in [-0.4, -0.2) is 6.61 Å². The summed E-state index contributed by atoms with van der Waals surface area (Å²) in [5, 5.41) is 9.18. The summed E-state index contributed by atoms with van der Waals surface area (Å²) in [4.78, 5) is 0. The highest BCUT2D eigenvalue weighted by Gasteiger charge is 1.49. The monoisotopic (exact) mass is 85.1 g/mol. The molecule has 0 aliphatic carbocycles. The minimum atomic E-state index is -0.167. The van der Waals surface area contributed by atoms with E-state index in [1.807, 2.05) is 0 Å². The highest BCUT2D eigenvalue weighted by atomic mass is 16.2. The molecule has 0 atom stereocenters. The lowest BCUT2D eigenvalue weighted by Gasteiger charge is -1.54. The van der Waals surface area contributed by atoms with Gasteiger partial charge in [0.2, 0.25) is 0 Å². The van der Waals surface area contributed by atoms with Gasteiger partial charge < -0.3 is 0 Å². The van der Waals surface area contributed by atoms with Gasteiger partial charge in [0.05, 0.1) is 0 Å². The van der Waals surface area contributed by atoms with Gasteiger partial charge in [-0.05, 0) is 0 Å². The van der Waals surface area contributed by atoms with Crippen LogP contribution >= 0.6 is 0 Å². The van der Waals surface area contributed by atoms with Gasteiger partial charge in [-0.15, -0.1) is 19.7 Å². The molecule has 0 aromatic rings. The first-order chi connectivity index (χ1) is 2.91. The molecule has 0 amide bonds. The molecule has 0 N–H and O–H groups in total. The normalized spacial score (nSPS) is 4.83. The van der Waals surface area contributed by atoms with Crippen LogP contribution < -0.4 is 0 Å². The summed E-state index contributed by atoms with van der Waals surface area (Å²) in [6, 6.07) is 0. The zero-order valence-corrected chi connectivity index (χ0v) is 3.81. The Morgan fingerprint density at radius 3 is 1.67 bits per heavy atom. The Hall–Kier alpha value is -0.560. The van der Waals surface area contributed by atoms with Gasteiger partial charge in [-0.3, -0.25) is 0 Å². The molecule has 1 heteroatoms. The van der Waals surface area contributed by atoms with Gasteiger partial charge in [-0.2, -0.15) is 0 Å². The largest absolute Gasteiger partial charge is 0.232 e. The van der Waals surface area contributed by atoms with E-state index in [4.69, 9.17) is 0 Å². The van der Waals surface area contributed by atoms with Crippen LogP contribution in [0.15, 0.2) is 25.8 Å². The van der Waals surface area contributed by atoms with Crippen LogP contribution in [0.4, 0.5) is 0 Å². The van der Waals surface area contributed by atoms with Crippen LogP contribution in [0, 0.1) is 0 Å². The summed E-state index contributed by atoms with van der Waals surface area (Å²) in [7, 11) is 0. The Kier molecular flexibility index (Phi) is 38.3. The SMILES string of the molecule is C=C.C=CC[O]. The van der Waals surface area contributed by atoms with E-state index in [9.17, 15) is 5.11 Å². The van der Waals surface area contributed by atoms with Crippen molar-refractivity contribution in [2.24, 2.45) is 0 Å². The zero-order chi connectivity index (χ0) is 5.41. The van der Waals surface area contributed by atoms with Gasteiger partial charge in [0.25, 0.3) is 0 Å². The predicted octanol–water partition coefficient (Wildman–Crippen LogP) is 1.41. The number of rotatable bonds is 1. The summed E-state index contributed by atoms with van der Waals surface area (Å²) < 4.78 is 0. The van der Waals surface area contributed by atoms with Crippen molar-refractivity contribution >= 4 is 0 Å². The molecule has 0 aliphatic rings. The lowest BCUT2D eigenvalue weighted by atomic mass is 10.7. The van der Waals surface area contributed by atoms with Crippen LogP contribution in [0.2, 0.25) is 0 Å². The third-order valence-electron chi connectivity index (χ3n) is 0.118. The summed E-state index contributed by atoms with van der Waals surface area (Å²) >= 11 is 0. The van der Waals surface area contributed by atoms with Crippen molar-refractivity contribution in [1.29, 1.82) is 0 Å². The summed E-state index contributed by atoms with van der Waals surface area (Å²) in [6.07, 6.45) is 1.32. The molecule has 6 heavy (non-hydrogen) atoms. The minimum absolute atomic E-state index is 0.167. The molecule has 0 aromatic heterocycles. The lowest BCUT2D eigenvalue weighted by Crippen LogP contribution is -1.58. The van der Waals surface area contributed by atoms with Gasteiger partial charge in [0, 0.05) is 0 Å². The Morgan fingerprint density at radius 1 is 1.50 bits per heavy atom. The van der Waals surface area contributed by atoms with Crippen molar-refractivity contribution in [3.63, 3.8) is 0 Å². The van der Waals surface area contributed by atoms with E-state index >= 15 is 0 Å². The first kappa shape index (κ1) is 9.06. The highest BCUT2D eigenvalue weighted by Crippen LogP contribution is 1.48. The molecule has 0 aliphatic heterocycles. The van der Waals surface area contributed by atoms with E-state index in [1.165, 1.54) is 6.08 Å². The van der Waals surface area contributed by atoms with Gasteiger partial charge in [0.15, 0.2) is 0 Å². The van der Waals surface area contributed by atoms with Crippen LogP contribution in [-0.2, 0) is 5.11 Å². The fourth-order valence-corrected chi connectivity index (χ4v) is 0. The summed E-state index contributed by atoms with van der Waals surface area (Å²) in [5.74, 6) is 0. The van der Waals surface area contributed by atoms with Gasteiger partial charge in [-0.1, -0.05) is 6.08 Å². The van der Waals surface area contributed by atoms with Crippen LogP contribution in [0.5, 0.6) is 0 Å².